The number of carboxylic acids is 1. The highest BCUT2D eigenvalue weighted by molar-refractivity contribution is 5.96. The molecule has 0 fully saturated rings. The minimum atomic E-state index is -1.49. The second kappa shape index (κ2) is 5.22. The minimum Gasteiger partial charge on any atom is -0.479 e. The van der Waals surface area contributed by atoms with Gasteiger partial charge in [-0.25, -0.2) is 4.79 Å². The van der Waals surface area contributed by atoms with Crippen LogP contribution in [0.3, 0.4) is 0 Å². The Hall–Kier alpha value is -1.82. The first-order valence-corrected chi connectivity index (χ1v) is 5.42. The molecular formula is C12H17NO5. The van der Waals surface area contributed by atoms with E-state index < -0.39 is 17.4 Å². The van der Waals surface area contributed by atoms with Crippen LogP contribution in [0.5, 0.6) is 0 Å². The molecule has 1 heterocycles. The number of aryl methyl sites for hydroxylation is 2. The second-order valence-corrected chi connectivity index (χ2v) is 4.39. The molecule has 0 bridgehead atoms. The highest BCUT2D eigenvalue weighted by atomic mass is 16.5. The van der Waals surface area contributed by atoms with Crippen molar-refractivity contribution in [1.82, 2.24) is 5.32 Å². The van der Waals surface area contributed by atoms with Crippen LogP contribution in [0.1, 0.15) is 28.8 Å². The molecule has 0 spiro atoms. The number of hydrogen-bond acceptors (Lipinski definition) is 4. The molecule has 6 nitrogen and oxygen atoms in total. The Balaban J connectivity index is 2.92. The molecule has 0 aliphatic heterocycles. The fraction of sp³-hybridized carbons (Fsp3) is 0.500. The number of amides is 1. The second-order valence-electron chi connectivity index (χ2n) is 4.39. The summed E-state index contributed by atoms with van der Waals surface area (Å²) in [6.07, 6.45) is 0. The van der Waals surface area contributed by atoms with Crippen LogP contribution in [0, 0.1) is 13.8 Å². The summed E-state index contributed by atoms with van der Waals surface area (Å²) in [5, 5.41) is 11.5. The van der Waals surface area contributed by atoms with E-state index in [9.17, 15) is 9.59 Å². The van der Waals surface area contributed by atoms with Crippen LogP contribution in [0.25, 0.3) is 0 Å². The van der Waals surface area contributed by atoms with Gasteiger partial charge < -0.3 is 19.6 Å². The Kier molecular flexibility index (Phi) is 4.13. The Morgan fingerprint density at radius 2 is 2.11 bits per heavy atom. The Morgan fingerprint density at radius 3 is 2.50 bits per heavy atom. The molecule has 1 rings (SSSR count). The van der Waals surface area contributed by atoms with E-state index in [0.29, 0.717) is 11.3 Å². The molecule has 1 unspecified atom stereocenters. The molecule has 1 amide bonds. The quantitative estimate of drug-likeness (QED) is 0.823. The van der Waals surface area contributed by atoms with Crippen LogP contribution in [0.4, 0.5) is 0 Å². The summed E-state index contributed by atoms with van der Waals surface area (Å²) >= 11 is 0. The van der Waals surface area contributed by atoms with Crippen molar-refractivity contribution < 1.29 is 23.8 Å². The lowest BCUT2D eigenvalue weighted by atomic mass is 10.0. The zero-order valence-corrected chi connectivity index (χ0v) is 10.9. The number of aliphatic carboxylic acids is 1. The molecule has 0 aliphatic rings. The minimum absolute atomic E-state index is 0.121. The highest BCUT2D eigenvalue weighted by Crippen LogP contribution is 2.15. The van der Waals surface area contributed by atoms with Gasteiger partial charge in [0.05, 0.1) is 6.61 Å². The van der Waals surface area contributed by atoms with Crippen LogP contribution in [0.2, 0.25) is 0 Å². The van der Waals surface area contributed by atoms with Gasteiger partial charge in [0.1, 0.15) is 5.76 Å². The summed E-state index contributed by atoms with van der Waals surface area (Å²) in [5.74, 6) is -1.02. The molecule has 100 valence electrons. The van der Waals surface area contributed by atoms with Gasteiger partial charge in [-0.15, -0.1) is 0 Å². The monoisotopic (exact) mass is 255 g/mol. The first kappa shape index (κ1) is 14.2. The van der Waals surface area contributed by atoms with Crippen molar-refractivity contribution in [2.45, 2.75) is 26.3 Å². The third-order valence-corrected chi connectivity index (χ3v) is 2.54. The first-order chi connectivity index (χ1) is 8.30. The maximum absolute atomic E-state index is 11.9. The fourth-order valence-corrected chi connectivity index (χ4v) is 1.61. The van der Waals surface area contributed by atoms with Crippen molar-refractivity contribution in [2.75, 3.05) is 13.7 Å². The molecule has 1 atom stereocenters. The van der Waals surface area contributed by atoms with Gasteiger partial charge in [-0.1, -0.05) is 0 Å². The van der Waals surface area contributed by atoms with E-state index in [0.717, 1.165) is 0 Å². The van der Waals surface area contributed by atoms with Crippen molar-refractivity contribution >= 4 is 11.9 Å². The van der Waals surface area contributed by atoms with Crippen LogP contribution in [0.15, 0.2) is 10.5 Å². The Morgan fingerprint density at radius 1 is 1.50 bits per heavy atom. The molecule has 2 N–H and O–H groups in total. The molecule has 0 aliphatic carbocycles. The molecule has 0 aromatic carbocycles. The van der Waals surface area contributed by atoms with E-state index in [1.165, 1.54) is 14.0 Å². The van der Waals surface area contributed by atoms with E-state index in [1.807, 2.05) is 0 Å². The van der Waals surface area contributed by atoms with Crippen molar-refractivity contribution in [1.29, 1.82) is 0 Å². The summed E-state index contributed by atoms with van der Waals surface area (Å²) in [5.41, 5.74) is -0.825. The molecule has 0 radical (unpaired) electrons. The van der Waals surface area contributed by atoms with E-state index in [-0.39, 0.29) is 12.4 Å². The standard InChI is InChI=1S/C12H17NO5/c1-7-5-8(2)18-9(7)10(14)13-12(3,6-17-4)11(15)16/h5H,6H2,1-4H3,(H,13,14)(H,15,16). The first-order valence-electron chi connectivity index (χ1n) is 5.42. The van der Waals surface area contributed by atoms with Crippen LogP contribution >= 0.6 is 0 Å². The number of carboxylic acid groups (broad SMARTS) is 1. The van der Waals surface area contributed by atoms with Crippen LogP contribution in [-0.2, 0) is 9.53 Å². The van der Waals surface area contributed by atoms with Gasteiger partial charge in [0, 0.05) is 12.7 Å². The lowest BCUT2D eigenvalue weighted by molar-refractivity contribution is -0.145. The maximum Gasteiger partial charge on any atom is 0.331 e. The largest absolute Gasteiger partial charge is 0.479 e. The lowest BCUT2D eigenvalue weighted by Crippen LogP contribution is -2.55. The van der Waals surface area contributed by atoms with Crippen molar-refractivity contribution in [3.63, 3.8) is 0 Å². The van der Waals surface area contributed by atoms with E-state index in [4.69, 9.17) is 14.3 Å². The van der Waals surface area contributed by atoms with Gasteiger partial charge in [-0.2, -0.15) is 0 Å². The number of nitrogens with one attached hydrogen (secondary N) is 1. The normalized spacial score (nSPS) is 14.0. The molecule has 6 heteroatoms. The van der Waals surface area contributed by atoms with Gasteiger partial charge in [0.2, 0.25) is 0 Å². The van der Waals surface area contributed by atoms with E-state index in [2.05, 4.69) is 5.32 Å². The highest BCUT2D eigenvalue weighted by Gasteiger charge is 2.36. The van der Waals surface area contributed by atoms with Gasteiger partial charge >= 0.3 is 5.97 Å². The molecular weight excluding hydrogens is 238 g/mol. The molecule has 18 heavy (non-hydrogen) atoms. The third-order valence-electron chi connectivity index (χ3n) is 2.54. The van der Waals surface area contributed by atoms with E-state index in [1.54, 1.807) is 19.9 Å². The number of hydrogen-bond donors (Lipinski definition) is 2. The predicted octanol–water partition coefficient (Wildman–Crippen LogP) is 1.12. The zero-order valence-electron chi connectivity index (χ0n) is 10.9. The third kappa shape index (κ3) is 2.89. The maximum atomic E-state index is 11.9. The van der Waals surface area contributed by atoms with Crippen molar-refractivity contribution in [3.05, 3.63) is 23.2 Å². The summed E-state index contributed by atoms with van der Waals surface area (Å²) < 4.78 is 10.0. The molecule has 0 saturated heterocycles. The predicted molar refractivity (Wildman–Crippen MR) is 63.6 cm³/mol. The van der Waals surface area contributed by atoms with E-state index >= 15 is 0 Å². The number of furan rings is 1. The molecule has 1 aromatic rings. The zero-order chi connectivity index (χ0) is 13.9. The SMILES string of the molecule is COCC(C)(NC(=O)c1oc(C)cc1C)C(=O)O. The molecule has 1 aromatic heterocycles. The van der Waals surface area contributed by atoms with Crippen molar-refractivity contribution in [2.24, 2.45) is 0 Å². The lowest BCUT2D eigenvalue weighted by Gasteiger charge is -2.24. The average Bonchev–Trinajstić information content (AvgIpc) is 2.57. The summed E-state index contributed by atoms with van der Waals surface area (Å²) in [6.45, 7) is 4.68. The van der Waals surface area contributed by atoms with Crippen LogP contribution in [-0.4, -0.2) is 36.2 Å². The van der Waals surface area contributed by atoms with Crippen molar-refractivity contribution in [3.8, 4) is 0 Å². The fourth-order valence-electron chi connectivity index (χ4n) is 1.61. The Labute approximate surface area is 105 Å². The summed E-state index contributed by atoms with van der Waals surface area (Å²) in [7, 11) is 1.37. The van der Waals surface area contributed by atoms with Gasteiger partial charge in [0.15, 0.2) is 11.3 Å². The number of methoxy groups -OCH3 is 1. The Bertz CT molecular complexity index is 465. The number of ether oxygens (including phenoxy) is 1. The average molecular weight is 255 g/mol. The van der Waals surface area contributed by atoms with Gasteiger partial charge in [0.25, 0.3) is 5.91 Å². The van der Waals surface area contributed by atoms with Crippen LogP contribution < -0.4 is 5.32 Å². The number of carbonyl (C=O) groups is 2. The number of rotatable bonds is 5. The summed E-state index contributed by atoms with van der Waals surface area (Å²) in [6, 6.07) is 1.71. The molecule has 0 saturated carbocycles. The topological polar surface area (TPSA) is 88.8 Å². The number of carbonyl (C=O) groups excluding carboxylic acids is 1. The van der Waals surface area contributed by atoms with Gasteiger partial charge in [-0.3, -0.25) is 4.79 Å². The smallest absolute Gasteiger partial charge is 0.331 e. The van der Waals surface area contributed by atoms with Gasteiger partial charge in [-0.05, 0) is 26.8 Å². The summed E-state index contributed by atoms with van der Waals surface area (Å²) in [4.78, 5) is 23.1.